The lowest BCUT2D eigenvalue weighted by atomic mass is 10.0. The zero-order valence-corrected chi connectivity index (χ0v) is 15.7. The number of phenolic OH excluding ortho intramolecular Hbond substituents is 1. The van der Waals surface area contributed by atoms with Gasteiger partial charge in [-0.1, -0.05) is 12.1 Å². The van der Waals surface area contributed by atoms with Crippen molar-refractivity contribution in [2.24, 2.45) is 0 Å². The molecule has 3 aromatic carbocycles. The molecule has 3 aromatic rings. The Bertz CT molecular complexity index is 1040. The first-order valence-electron chi connectivity index (χ1n) is 8.09. The maximum atomic E-state index is 11.6. The van der Waals surface area contributed by atoms with Crippen LogP contribution in [0.3, 0.4) is 0 Å². The third-order valence-corrected chi connectivity index (χ3v) is 5.54. The number of rotatable bonds is 5. The Hall–Kier alpha value is -2.73. The SMILES string of the molecule is COc1ccc2ccc(O)c(CN(C)c3ccc(S(C)(=O)=O)cc3)c2c1. The van der Waals surface area contributed by atoms with Crippen molar-refractivity contribution < 1.29 is 18.3 Å². The van der Waals surface area contributed by atoms with Gasteiger partial charge in [0, 0.05) is 31.1 Å². The lowest BCUT2D eigenvalue weighted by Crippen LogP contribution is -2.16. The lowest BCUT2D eigenvalue weighted by molar-refractivity contribution is 0.415. The third-order valence-electron chi connectivity index (χ3n) is 4.42. The fourth-order valence-corrected chi connectivity index (χ4v) is 3.55. The first-order valence-corrected chi connectivity index (χ1v) is 9.98. The summed E-state index contributed by atoms with van der Waals surface area (Å²) in [5, 5.41) is 12.3. The minimum atomic E-state index is -3.22. The Kier molecular flexibility index (Phi) is 4.78. The average molecular weight is 371 g/mol. The minimum Gasteiger partial charge on any atom is -0.508 e. The molecule has 0 amide bonds. The van der Waals surface area contributed by atoms with Gasteiger partial charge >= 0.3 is 0 Å². The first kappa shape index (κ1) is 18.1. The zero-order valence-electron chi connectivity index (χ0n) is 14.9. The van der Waals surface area contributed by atoms with Crippen LogP contribution in [-0.2, 0) is 16.4 Å². The van der Waals surface area contributed by atoms with E-state index in [2.05, 4.69) is 0 Å². The van der Waals surface area contributed by atoms with Gasteiger partial charge in [-0.3, -0.25) is 0 Å². The third kappa shape index (κ3) is 3.60. The molecule has 0 fully saturated rings. The van der Waals surface area contributed by atoms with Gasteiger partial charge in [0.2, 0.25) is 0 Å². The van der Waals surface area contributed by atoms with E-state index in [-0.39, 0.29) is 10.6 Å². The summed E-state index contributed by atoms with van der Waals surface area (Å²) in [6.07, 6.45) is 1.19. The summed E-state index contributed by atoms with van der Waals surface area (Å²) in [6, 6.07) is 16.0. The fraction of sp³-hybridized carbons (Fsp3) is 0.200. The molecular weight excluding hydrogens is 350 g/mol. The van der Waals surface area contributed by atoms with E-state index in [4.69, 9.17) is 4.74 Å². The zero-order chi connectivity index (χ0) is 18.9. The topological polar surface area (TPSA) is 66.8 Å². The van der Waals surface area contributed by atoms with Crippen molar-refractivity contribution >= 4 is 26.3 Å². The van der Waals surface area contributed by atoms with Gasteiger partial charge < -0.3 is 14.7 Å². The summed E-state index contributed by atoms with van der Waals surface area (Å²) in [6.45, 7) is 0.467. The Balaban J connectivity index is 1.96. The highest BCUT2D eigenvalue weighted by Gasteiger charge is 2.13. The highest BCUT2D eigenvalue weighted by Crippen LogP contribution is 2.32. The number of nitrogens with zero attached hydrogens (tertiary/aromatic N) is 1. The Morgan fingerprint density at radius 3 is 2.31 bits per heavy atom. The van der Waals surface area contributed by atoms with Crippen molar-refractivity contribution in [1.29, 1.82) is 0 Å². The van der Waals surface area contributed by atoms with Crippen LogP contribution in [0.1, 0.15) is 5.56 Å². The maximum Gasteiger partial charge on any atom is 0.175 e. The van der Waals surface area contributed by atoms with Crippen LogP contribution in [0.5, 0.6) is 11.5 Å². The molecule has 0 aliphatic carbocycles. The van der Waals surface area contributed by atoms with Gasteiger partial charge in [0.15, 0.2) is 9.84 Å². The molecule has 0 atom stereocenters. The number of anilines is 1. The van der Waals surface area contributed by atoms with Crippen molar-refractivity contribution in [2.45, 2.75) is 11.4 Å². The number of hydrogen-bond acceptors (Lipinski definition) is 5. The Morgan fingerprint density at radius 2 is 1.69 bits per heavy atom. The normalized spacial score (nSPS) is 11.5. The molecule has 1 N–H and O–H groups in total. The second-order valence-electron chi connectivity index (χ2n) is 6.27. The monoisotopic (exact) mass is 371 g/mol. The van der Waals surface area contributed by atoms with Crippen LogP contribution >= 0.6 is 0 Å². The largest absolute Gasteiger partial charge is 0.508 e. The summed E-state index contributed by atoms with van der Waals surface area (Å²) in [7, 11) is 0.287. The second kappa shape index (κ2) is 6.88. The van der Waals surface area contributed by atoms with E-state index in [0.717, 1.165) is 27.8 Å². The molecule has 0 saturated heterocycles. The Morgan fingerprint density at radius 1 is 1.04 bits per heavy atom. The number of methoxy groups -OCH3 is 1. The molecule has 0 bridgehead atoms. The van der Waals surface area contributed by atoms with E-state index in [9.17, 15) is 13.5 Å². The van der Waals surface area contributed by atoms with E-state index in [0.29, 0.717) is 6.54 Å². The quantitative estimate of drug-likeness (QED) is 0.742. The van der Waals surface area contributed by atoms with E-state index in [1.165, 1.54) is 6.26 Å². The van der Waals surface area contributed by atoms with Crippen LogP contribution in [0.2, 0.25) is 0 Å². The molecule has 5 nitrogen and oxygen atoms in total. The lowest BCUT2D eigenvalue weighted by Gasteiger charge is -2.21. The number of hydrogen-bond donors (Lipinski definition) is 1. The van der Waals surface area contributed by atoms with Gasteiger partial charge in [-0.15, -0.1) is 0 Å². The molecule has 0 aliphatic rings. The summed E-state index contributed by atoms with van der Waals surface area (Å²) in [5.41, 5.74) is 1.65. The summed E-state index contributed by atoms with van der Waals surface area (Å²) < 4.78 is 28.5. The van der Waals surface area contributed by atoms with Crippen LogP contribution in [0.25, 0.3) is 10.8 Å². The number of sulfone groups is 1. The summed E-state index contributed by atoms with van der Waals surface area (Å²) in [5.74, 6) is 0.940. The second-order valence-corrected chi connectivity index (χ2v) is 8.29. The van der Waals surface area contributed by atoms with E-state index < -0.39 is 9.84 Å². The van der Waals surface area contributed by atoms with Gasteiger partial charge in [-0.05, 0) is 53.2 Å². The Labute approximate surface area is 153 Å². The van der Waals surface area contributed by atoms with Gasteiger partial charge in [-0.25, -0.2) is 8.42 Å². The highest BCUT2D eigenvalue weighted by atomic mass is 32.2. The molecule has 0 spiro atoms. The molecule has 136 valence electrons. The fourth-order valence-electron chi connectivity index (χ4n) is 2.92. The average Bonchev–Trinajstić information content (AvgIpc) is 2.63. The number of fused-ring (bicyclic) bond motifs is 1. The maximum absolute atomic E-state index is 11.6. The first-order chi connectivity index (χ1) is 12.3. The van der Waals surface area contributed by atoms with E-state index >= 15 is 0 Å². The van der Waals surface area contributed by atoms with E-state index in [1.807, 2.05) is 36.2 Å². The molecule has 26 heavy (non-hydrogen) atoms. The number of ether oxygens (including phenoxy) is 1. The van der Waals surface area contributed by atoms with Crippen LogP contribution in [0, 0.1) is 0 Å². The van der Waals surface area contributed by atoms with Crippen molar-refractivity contribution in [3.8, 4) is 11.5 Å². The van der Waals surface area contributed by atoms with Crippen LogP contribution in [-0.4, -0.2) is 33.9 Å². The van der Waals surface area contributed by atoms with Crippen molar-refractivity contribution in [2.75, 3.05) is 25.3 Å². The van der Waals surface area contributed by atoms with Crippen molar-refractivity contribution in [3.63, 3.8) is 0 Å². The molecule has 0 unspecified atom stereocenters. The molecule has 0 saturated carbocycles. The van der Waals surface area contributed by atoms with Crippen molar-refractivity contribution in [1.82, 2.24) is 0 Å². The summed E-state index contributed by atoms with van der Waals surface area (Å²) in [4.78, 5) is 2.24. The van der Waals surface area contributed by atoms with Crippen LogP contribution in [0.15, 0.2) is 59.5 Å². The van der Waals surface area contributed by atoms with Gasteiger partial charge in [0.1, 0.15) is 11.5 Å². The van der Waals surface area contributed by atoms with Crippen LogP contribution in [0.4, 0.5) is 5.69 Å². The predicted octanol–water partition coefficient (Wildman–Crippen LogP) is 3.59. The molecule has 3 rings (SSSR count). The molecule has 0 aromatic heterocycles. The van der Waals surface area contributed by atoms with Gasteiger partial charge in [0.25, 0.3) is 0 Å². The molecule has 0 radical (unpaired) electrons. The molecular formula is C20H21NO4S. The number of benzene rings is 3. The highest BCUT2D eigenvalue weighted by molar-refractivity contribution is 7.90. The molecule has 0 heterocycles. The number of phenols is 1. The van der Waals surface area contributed by atoms with Crippen molar-refractivity contribution in [3.05, 3.63) is 60.2 Å². The minimum absolute atomic E-state index is 0.213. The van der Waals surface area contributed by atoms with E-state index in [1.54, 1.807) is 37.4 Å². The van der Waals surface area contributed by atoms with Gasteiger partial charge in [0.05, 0.1) is 12.0 Å². The summed E-state index contributed by atoms with van der Waals surface area (Å²) >= 11 is 0. The molecule has 0 aliphatic heterocycles. The van der Waals surface area contributed by atoms with Gasteiger partial charge in [-0.2, -0.15) is 0 Å². The number of aromatic hydroxyl groups is 1. The standard InChI is InChI=1S/C20H21NO4S/c1-21(15-6-9-17(10-7-15)26(3,23)24)13-19-18-12-16(25-2)8-4-14(18)5-11-20(19)22/h4-12,22H,13H2,1-3H3. The predicted molar refractivity (Wildman–Crippen MR) is 104 cm³/mol. The smallest absolute Gasteiger partial charge is 0.175 e. The van der Waals surface area contributed by atoms with Crippen LogP contribution < -0.4 is 9.64 Å². The molecule has 6 heteroatoms.